The molecule has 0 radical (unpaired) electrons. The predicted octanol–water partition coefficient (Wildman–Crippen LogP) is 3.20. The molecule has 0 saturated carbocycles. The van der Waals surface area contributed by atoms with Gasteiger partial charge < -0.3 is 10.5 Å². The van der Waals surface area contributed by atoms with Crippen LogP contribution in [-0.4, -0.2) is 4.98 Å². The molecule has 0 atom stereocenters. The summed E-state index contributed by atoms with van der Waals surface area (Å²) in [4.78, 5) is 4.13. The van der Waals surface area contributed by atoms with Crippen LogP contribution in [0.5, 0.6) is 5.88 Å². The molecule has 0 spiro atoms. The third-order valence-electron chi connectivity index (χ3n) is 2.34. The first-order valence-corrected chi connectivity index (χ1v) is 5.63. The lowest BCUT2D eigenvalue weighted by atomic mass is 10.2. The van der Waals surface area contributed by atoms with Crippen LogP contribution in [0, 0.1) is 6.92 Å². The lowest BCUT2D eigenvalue weighted by Gasteiger charge is -2.09. The molecule has 0 aliphatic carbocycles. The fraction of sp³-hybridized carbons (Fsp3) is 0.154. The van der Waals surface area contributed by atoms with Gasteiger partial charge in [0.1, 0.15) is 6.61 Å². The van der Waals surface area contributed by atoms with E-state index in [-0.39, 0.29) is 0 Å². The molecule has 1 heterocycles. The van der Waals surface area contributed by atoms with Crippen molar-refractivity contribution in [2.24, 2.45) is 0 Å². The van der Waals surface area contributed by atoms with Crippen LogP contribution in [0.4, 0.5) is 5.69 Å². The normalized spacial score (nSPS) is 10.2. The molecule has 4 heteroatoms. The predicted molar refractivity (Wildman–Crippen MR) is 69.2 cm³/mol. The zero-order valence-electron chi connectivity index (χ0n) is 9.48. The van der Waals surface area contributed by atoms with E-state index in [1.54, 1.807) is 6.20 Å². The van der Waals surface area contributed by atoms with Crippen LogP contribution in [-0.2, 0) is 6.61 Å². The van der Waals surface area contributed by atoms with Gasteiger partial charge in [0, 0.05) is 16.8 Å². The SMILES string of the molecule is Cc1cnc(OCc2ccccc2Cl)c(N)c1. The van der Waals surface area contributed by atoms with E-state index in [2.05, 4.69) is 4.98 Å². The van der Waals surface area contributed by atoms with Gasteiger partial charge in [0.05, 0.1) is 5.69 Å². The Labute approximate surface area is 105 Å². The van der Waals surface area contributed by atoms with Crippen molar-refractivity contribution in [2.75, 3.05) is 5.73 Å². The van der Waals surface area contributed by atoms with Gasteiger partial charge in [-0.05, 0) is 24.6 Å². The van der Waals surface area contributed by atoms with E-state index in [0.717, 1.165) is 11.1 Å². The number of anilines is 1. The van der Waals surface area contributed by atoms with Gasteiger partial charge in [0.2, 0.25) is 5.88 Å². The molecule has 3 nitrogen and oxygen atoms in total. The summed E-state index contributed by atoms with van der Waals surface area (Å²) >= 11 is 6.02. The molecule has 0 aliphatic heterocycles. The second-order valence-electron chi connectivity index (χ2n) is 3.79. The summed E-state index contributed by atoms with van der Waals surface area (Å²) in [5, 5.41) is 0.679. The molecule has 88 valence electrons. The number of nitrogens with two attached hydrogens (primary N) is 1. The average molecular weight is 249 g/mol. The third kappa shape index (κ3) is 2.88. The van der Waals surface area contributed by atoms with Gasteiger partial charge in [-0.25, -0.2) is 4.98 Å². The minimum absolute atomic E-state index is 0.361. The van der Waals surface area contributed by atoms with Crippen molar-refractivity contribution < 1.29 is 4.74 Å². The van der Waals surface area contributed by atoms with E-state index in [4.69, 9.17) is 22.1 Å². The van der Waals surface area contributed by atoms with Crippen molar-refractivity contribution >= 4 is 17.3 Å². The Balaban J connectivity index is 2.10. The number of benzene rings is 1. The molecule has 1 aromatic carbocycles. The number of nitrogen functional groups attached to an aromatic ring is 1. The van der Waals surface area contributed by atoms with E-state index >= 15 is 0 Å². The molecular formula is C13H13ClN2O. The van der Waals surface area contributed by atoms with E-state index in [9.17, 15) is 0 Å². The molecular weight excluding hydrogens is 236 g/mol. The first-order chi connectivity index (χ1) is 8.16. The minimum Gasteiger partial charge on any atom is -0.471 e. The van der Waals surface area contributed by atoms with Crippen molar-refractivity contribution in [3.8, 4) is 5.88 Å². The monoisotopic (exact) mass is 248 g/mol. The number of aryl methyl sites for hydroxylation is 1. The van der Waals surface area contributed by atoms with Gasteiger partial charge in [0.15, 0.2) is 0 Å². The standard InChI is InChI=1S/C13H13ClN2O/c1-9-6-12(15)13(16-7-9)17-8-10-4-2-3-5-11(10)14/h2-7H,8,15H2,1H3. The molecule has 2 aromatic rings. The van der Waals surface area contributed by atoms with Crippen LogP contribution in [0.2, 0.25) is 5.02 Å². The largest absolute Gasteiger partial charge is 0.471 e. The Hall–Kier alpha value is -1.74. The summed E-state index contributed by atoms with van der Waals surface area (Å²) < 4.78 is 5.54. The molecule has 17 heavy (non-hydrogen) atoms. The molecule has 2 rings (SSSR count). The number of hydrogen-bond acceptors (Lipinski definition) is 3. The summed E-state index contributed by atoms with van der Waals surface area (Å²) in [5.41, 5.74) is 8.26. The second kappa shape index (κ2) is 5.06. The lowest BCUT2D eigenvalue weighted by molar-refractivity contribution is 0.296. The number of pyridine rings is 1. The van der Waals surface area contributed by atoms with Crippen LogP contribution in [0.3, 0.4) is 0 Å². The summed E-state index contributed by atoms with van der Waals surface area (Å²) in [6.45, 7) is 2.29. The molecule has 0 saturated heterocycles. The smallest absolute Gasteiger partial charge is 0.237 e. The maximum absolute atomic E-state index is 6.02. The molecule has 0 amide bonds. The minimum atomic E-state index is 0.361. The van der Waals surface area contributed by atoms with Crippen LogP contribution in [0.15, 0.2) is 36.5 Å². The number of ether oxygens (including phenoxy) is 1. The van der Waals surface area contributed by atoms with Gasteiger partial charge in [-0.3, -0.25) is 0 Å². The van der Waals surface area contributed by atoms with E-state index in [1.807, 2.05) is 37.3 Å². The van der Waals surface area contributed by atoms with E-state index < -0.39 is 0 Å². The van der Waals surface area contributed by atoms with Gasteiger partial charge in [-0.1, -0.05) is 29.8 Å². The van der Waals surface area contributed by atoms with E-state index in [0.29, 0.717) is 23.2 Å². The summed E-state index contributed by atoms with van der Waals surface area (Å²) in [6.07, 6.45) is 1.72. The van der Waals surface area contributed by atoms with Gasteiger partial charge in [0.25, 0.3) is 0 Å². The van der Waals surface area contributed by atoms with Crippen molar-refractivity contribution in [1.82, 2.24) is 4.98 Å². The highest BCUT2D eigenvalue weighted by Crippen LogP contribution is 2.21. The highest BCUT2D eigenvalue weighted by molar-refractivity contribution is 6.31. The van der Waals surface area contributed by atoms with Crippen molar-refractivity contribution in [2.45, 2.75) is 13.5 Å². The number of hydrogen-bond donors (Lipinski definition) is 1. The Morgan fingerprint density at radius 1 is 1.35 bits per heavy atom. The molecule has 0 fully saturated rings. The second-order valence-corrected chi connectivity index (χ2v) is 4.19. The number of rotatable bonds is 3. The first kappa shape index (κ1) is 11.7. The van der Waals surface area contributed by atoms with Gasteiger partial charge in [-0.15, -0.1) is 0 Å². The van der Waals surface area contributed by atoms with E-state index in [1.165, 1.54) is 0 Å². The average Bonchev–Trinajstić information content (AvgIpc) is 2.30. The Morgan fingerprint density at radius 3 is 2.82 bits per heavy atom. The maximum Gasteiger partial charge on any atom is 0.237 e. The Bertz CT molecular complexity index is 529. The summed E-state index contributed by atoms with van der Waals surface area (Å²) in [5.74, 6) is 0.440. The number of halogens is 1. The highest BCUT2D eigenvalue weighted by Gasteiger charge is 2.04. The summed E-state index contributed by atoms with van der Waals surface area (Å²) in [6, 6.07) is 9.36. The molecule has 1 aromatic heterocycles. The zero-order chi connectivity index (χ0) is 12.3. The van der Waals surface area contributed by atoms with Crippen molar-refractivity contribution in [3.05, 3.63) is 52.7 Å². The highest BCUT2D eigenvalue weighted by atomic mass is 35.5. The quantitative estimate of drug-likeness (QED) is 0.907. The van der Waals surface area contributed by atoms with Crippen LogP contribution in [0.25, 0.3) is 0 Å². The topological polar surface area (TPSA) is 48.1 Å². The van der Waals surface area contributed by atoms with Crippen LogP contribution in [0.1, 0.15) is 11.1 Å². The zero-order valence-corrected chi connectivity index (χ0v) is 10.2. The van der Waals surface area contributed by atoms with Crippen LogP contribution >= 0.6 is 11.6 Å². The molecule has 0 bridgehead atoms. The fourth-order valence-electron chi connectivity index (χ4n) is 1.46. The fourth-order valence-corrected chi connectivity index (χ4v) is 1.65. The molecule has 0 unspecified atom stereocenters. The van der Waals surface area contributed by atoms with Crippen molar-refractivity contribution in [3.63, 3.8) is 0 Å². The third-order valence-corrected chi connectivity index (χ3v) is 2.71. The Morgan fingerprint density at radius 2 is 2.12 bits per heavy atom. The maximum atomic E-state index is 6.02. The van der Waals surface area contributed by atoms with Crippen molar-refractivity contribution in [1.29, 1.82) is 0 Å². The number of aromatic nitrogens is 1. The Kier molecular flexibility index (Phi) is 3.49. The molecule has 0 aliphatic rings. The van der Waals surface area contributed by atoms with Gasteiger partial charge >= 0.3 is 0 Å². The van der Waals surface area contributed by atoms with Crippen LogP contribution < -0.4 is 10.5 Å². The first-order valence-electron chi connectivity index (χ1n) is 5.25. The number of nitrogens with zero attached hydrogens (tertiary/aromatic N) is 1. The molecule has 2 N–H and O–H groups in total. The summed E-state index contributed by atoms with van der Waals surface area (Å²) in [7, 11) is 0. The lowest BCUT2D eigenvalue weighted by Crippen LogP contribution is -2.01. The van der Waals surface area contributed by atoms with Gasteiger partial charge in [-0.2, -0.15) is 0 Å².